The van der Waals surface area contributed by atoms with Crippen molar-refractivity contribution in [2.75, 3.05) is 10.6 Å². The van der Waals surface area contributed by atoms with Gasteiger partial charge in [0.15, 0.2) is 0 Å². The minimum Gasteiger partial charge on any atom is -0.352 e. The lowest BCUT2D eigenvalue weighted by atomic mass is 10.1. The van der Waals surface area contributed by atoms with E-state index in [1.165, 1.54) is 11.1 Å². The van der Waals surface area contributed by atoms with Crippen LogP contribution in [0.3, 0.4) is 0 Å². The fourth-order valence-corrected chi connectivity index (χ4v) is 2.92. The SMILES string of the molecule is CCc1cccc(C)c1Nc1cc(-c2ccccc2)nc(NC(C)C)n1. The summed E-state index contributed by atoms with van der Waals surface area (Å²) in [6.07, 6.45) is 0.970. The predicted octanol–water partition coefficient (Wildman–Crippen LogP) is 5.58. The first-order valence-corrected chi connectivity index (χ1v) is 9.13. The number of aromatic nitrogens is 2. The molecule has 0 saturated carbocycles. The maximum absolute atomic E-state index is 4.69. The molecular weight excluding hydrogens is 320 g/mol. The highest BCUT2D eigenvalue weighted by Crippen LogP contribution is 2.27. The van der Waals surface area contributed by atoms with Crippen LogP contribution in [-0.4, -0.2) is 16.0 Å². The second-order valence-corrected chi connectivity index (χ2v) is 6.71. The van der Waals surface area contributed by atoms with Gasteiger partial charge >= 0.3 is 0 Å². The molecule has 0 atom stereocenters. The van der Waals surface area contributed by atoms with Gasteiger partial charge in [-0.3, -0.25) is 0 Å². The molecule has 134 valence electrons. The van der Waals surface area contributed by atoms with Crippen molar-refractivity contribution in [1.82, 2.24) is 9.97 Å². The molecule has 3 aromatic rings. The van der Waals surface area contributed by atoms with Crippen molar-refractivity contribution in [3.63, 3.8) is 0 Å². The van der Waals surface area contributed by atoms with Gasteiger partial charge in [0.25, 0.3) is 0 Å². The maximum atomic E-state index is 4.69. The zero-order valence-electron chi connectivity index (χ0n) is 15.9. The van der Waals surface area contributed by atoms with E-state index in [1.807, 2.05) is 24.3 Å². The molecule has 0 saturated heterocycles. The third-order valence-corrected chi connectivity index (χ3v) is 4.21. The van der Waals surface area contributed by atoms with Crippen LogP contribution in [-0.2, 0) is 6.42 Å². The molecule has 0 radical (unpaired) electrons. The molecule has 2 N–H and O–H groups in total. The molecular formula is C22H26N4. The number of hydrogen-bond donors (Lipinski definition) is 2. The van der Waals surface area contributed by atoms with Crippen LogP contribution in [0.1, 0.15) is 31.9 Å². The van der Waals surface area contributed by atoms with Gasteiger partial charge in [0.05, 0.1) is 5.69 Å². The molecule has 0 bridgehead atoms. The van der Waals surface area contributed by atoms with Crippen LogP contribution in [0.4, 0.5) is 17.5 Å². The van der Waals surface area contributed by atoms with Crippen molar-refractivity contribution in [2.45, 2.75) is 40.2 Å². The van der Waals surface area contributed by atoms with Crippen molar-refractivity contribution in [2.24, 2.45) is 0 Å². The number of benzene rings is 2. The normalized spacial score (nSPS) is 10.8. The topological polar surface area (TPSA) is 49.8 Å². The molecule has 0 aliphatic carbocycles. The molecule has 0 amide bonds. The van der Waals surface area contributed by atoms with Gasteiger partial charge in [0.1, 0.15) is 5.82 Å². The molecule has 26 heavy (non-hydrogen) atoms. The number of rotatable bonds is 6. The number of nitrogens with zero attached hydrogens (tertiary/aromatic N) is 2. The van der Waals surface area contributed by atoms with E-state index in [-0.39, 0.29) is 6.04 Å². The third-order valence-electron chi connectivity index (χ3n) is 4.21. The van der Waals surface area contributed by atoms with Crippen molar-refractivity contribution in [3.05, 3.63) is 65.7 Å². The molecule has 0 aliphatic rings. The highest BCUT2D eigenvalue weighted by molar-refractivity contribution is 5.70. The van der Waals surface area contributed by atoms with Crippen LogP contribution >= 0.6 is 0 Å². The zero-order chi connectivity index (χ0) is 18.5. The van der Waals surface area contributed by atoms with Crippen LogP contribution in [0.5, 0.6) is 0 Å². The second-order valence-electron chi connectivity index (χ2n) is 6.71. The van der Waals surface area contributed by atoms with Gasteiger partial charge in [0.2, 0.25) is 5.95 Å². The molecule has 0 fully saturated rings. The van der Waals surface area contributed by atoms with Gasteiger partial charge < -0.3 is 10.6 Å². The fourth-order valence-electron chi connectivity index (χ4n) is 2.92. The quantitative estimate of drug-likeness (QED) is 0.612. The highest BCUT2D eigenvalue weighted by Gasteiger charge is 2.10. The fraction of sp³-hybridized carbons (Fsp3) is 0.273. The summed E-state index contributed by atoms with van der Waals surface area (Å²) >= 11 is 0. The molecule has 0 spiro atoms. The number of nitrogens with one attached hydrogen (secondary N) is 2. The van der Waals surface area contributed by atoms with E-state index in [0.29, 0.717) is 5.95 Å². The van der Waals surface area contributed by atoms with E-state index in [4.69, 9.17) is 0 Å². The van der Waals surface area contributed by atoms with E-state index >= 15 is 0 Å². The lowest BCUT2D eigenvalue weighted by Crippen LogP contribution is -2.13. The van der Waals surface area contributed by atoms with Gasteiger partial charge in [-0.15, -0.1) is 0 Å². The van der Waals surface area contributed by atoms with Crippen LogP contribution in [0, 0.1) is 6.92 Å². The van der Waals surface area contributed by atoms with Crippen molar-refractivity contribution < 1.29 is 0 Å². The summed E-state index contributed by atoms with van der Waals surface area (Å²) in [5.74, 6) is 1.43. The first-order valence-electron chi connectivity index (χ1n) is 9.13. The number of anilines is 3. The minimum atomic E-state index is 0.263. The van der Waals surface area contributed by atoms with E-state index < -0.39 is 0 Å². The first kappa shape index (κ1) is 17.9. The minimum absolute atomic E-state index is 0.263. The Balaban J connectivity index is 2.04. The Kier molecular flexibility index (Phi) is 5.52. The first-order chi connectivity index (χ1) is 12.6. The Morgan fingerprint density at radius 1 is 0.962 bits per heavy atom. The Labute approximate surface area is 155 Å². The maximum Gasteiger partial charge on any atom is 0.225 e. The average Bonchev–Trinajstić information content (AvgIpc) is 2.63. The van der Waals surface area contributed by atoms with Crippen LogP contribution in [0.2, 0.25) is 0 Å². The Morgan fingerprint density at radius 2 is 1.73 bits per heavy atom. The Morgan fingerprint density at radius 3 is 2.42 bits per heavy atom. The monoisotopic (exact) mass is 346 g/mol. The molecule has 1 aromatic heterocycles. The molecule has 0 unspecified atom stereocenters. The molecule has 3 rings (SSSR count). The molecule has 0 aliphatic heterocycles. The van der Waals surface area contributed by atoms with Crippen molar-refractivity contribution in [1.29, 1.82) is 0 Å². The Bertz CT molecular complexity index is 873. The van der Waals surface area contributed by atoms with Gasteiger partial charge in [-0.05, 0) is 38.3 Å². The summed E-state index contributed by atoms with van der Waals surface area (Å²) in [5.41, 5.74) is 5.59. The summed E-state index contributed by atoms with van der Waals surface area (Å²) in [5, 5.41) is 6.85. The van der Waals surface area contributed by atoms with Crippen LogP contribution in [0.15, 0.2) is 54.6 Å². The summed E-state index contributed by atoms with van der Waals surface area (Å²) in [7, 11) is 0. The van der Waals surface area contributed by atoms with Crippen molar-refractivity contribution >= 4 is 17.5 Å². The van der Waals surface area contributed by atoms with E-state index in [2.05, 4.69) is 78.6 Å². The smallest absolute Gasteiger partial charge is 0.225 e. The van der Waals surface area contributed by atoms with Crippen LogP contribution < -0.4 is 10.6 Å². The van der Waals surface area contributed by atoms with Crippen LogP contribution in [0.25, 0.3) is 11.3 Å². The number of aryl methyl sites for hydroxylation is 2. The van der Waals surface area contributed by atoms with Gasteiger partial charge in [-0.1, -0.05) is 55.5 Å². The lowest BCUT2D eigenvalue weighted by Gasteiger charge is -2.16. The van der Waals surface area contributed by atoms with E-state index in [9.17, 15) is 0 Å². The molecule has 2 aromatic carbocycles. The summed E-state index contributed by atoms with van der Waals surface area (Å²) in [4.78, 5) is 9.37. The predicted molar refractivity (Wildman–Crippen MR) is 110 cm³/mol. The second kappa shape index (κ2) is 8.00. The third kappa shape index (κ3) is 4.20. The van der Waals surface area contributed by atoms with E-state index in [0.717, 1.165) is 29.2 Å². The Hall–Kier alpha value is -2.88. The van der Waals surface area contributed by atoms with Gasteiger partial charge in [-0.2, -0.15) is 4.98 Å². The number of hydrogen-bond acceptors (Lipinski definition) is 4. The summed E-state index contributed by atoms with van der Waals surface area (Å²) in [6, 6.07) is 18.8. The van der Waals surface area contributed by atoms with Gasteiger partial charge in [-0.25, -0.2) is 4.98 Å². The molecule has 4 nitrogen and oxygen atoms in total. The number of para-hydroxylation sites is 1. The lowest BCUT2D eigenvalue weighted by molar-refractivity contribution is 0.876. The summed E-state index contributed by atoms with van der Waals surface area (Å²) < 4.78 is 0. The van der Waals surface area contributed by atoms with Crippen molar-refractivity contribution in [3.8, 4) is 11.3 Å². The molecule has 4 heteroatoms. The standard InChI is InChI=1S/C22H26N4/c1-5-17-13-9-10-16(4)21(17)25-20-14-19(18-11-7-6-8-12-18)24-22(26-20)23-15(2)3/h6-15H,5H2,1-4H3,(H2,23,24,25,26). The average molecular weight is 346 g/mol. The highest BCUT2D eigenvalue weighted by atomic mass is 15.2. The summed E-state index contributed by atoms with van der Waals surface area (Å²) in [6.45, 7) is 8.46. The van der Waals surface area contributed by atoms with E-state index in [1.54, 1.807) is 0 Å². The van der Waals surface area contributed by atoms with Gasteiger partial charge in [0, 0.05) is 23.4 Å². The zero-order valence-corrected chi connectivity index (χ0v) is 15.9. The molecule has 1 heterocycles. The largest absolute Gasteiger partial charge is 0.352 e.